The van der Waals surface area contributed by atoms with Crippen LogP contribution < -0.4 is 5.56 Å². The maximum Gasteiger partial charge on any atom is 0.273 e. The minimum absolute atomic E-state index is 0.138. The number of rotatable bonds is 2. The highest BCUT2D eigenvalue weighted by molar-refractivity contribution is 9.10. The lowest BCUT2D eigenvalue weighted by atomic mass is 10.2. The molecule has 19 heavy (non-hydrogen) atoms. The number of nitrogens with zero attached hydrogens (tertiary/aromatic N) is 3. The Morgan fingerprint density at radius 1 is 1.32 bits per heavy atom. The maximum atomic E-state index is 12.0. The number of fused-ring (bicyclic) bond motifs is 1. The van der Waals surface area contributed by atoms with Crippen molar-refractivity contribution in [2.45, 2.75) is 13.3 Å². The zero-order valence-electron chi connectivity index (χ0n) is 10.2. The molecule has 5 nitrogen and oxygen atoms in total. The summed E-state index contributed by atoms with van der Waals surface area (Å²) in [5, 5.41) is 2.91. The van der Waals surface area contributed by atoms with E-state index < -0.39 is 0 Å². The fourth-order valence-electron chi connectivity index (χ4n) is 1.97. The van der Waals surface area contributed by atoms with Gasteiger partial charge < -0.3 is 0 Å². The van der Waals surface area contributed by atoms with Crippen LogP contribution in [0.2, 0.25) is 0 Å². The van der Waals surface area contributed by atoms with Crippen LogP contribution in [0.1, 0.15) is 12.5 Å². The molecule has 0 aliphatic rings. The molecule has 3 aromatic heterocycles. The molecule has 96 valence electrons. The van der Waals surface area contributed by atoms with Gasteiger partial charge in [0.2, 0.25) is 0 Å². The summed E-state index contributed by atoms with van der Waals surface area (Å²) in [5.74, 6) is 0. The first-order chi connectivity index (χ1) is 9.19. The SMILES string of the molecule is CCc1c[nH]n2c(=O)cc(-c3cccc(Br)n3)nc12. The Hall–Kier alpha value is -1.95. The van der Waals surface area contributed by atoms with Gasteiger partial charge in [0.05, 0.1) is 11.4 Å². The Bertz CT molecular complexity index is 806. The van der Waals surface area contributed by atoms with E-state index in [1.807, 2.05) is 31.3 Å². The van der Waals surface area contributed by atoms with Gasteiger partial charge in [0.1, 0.15) is 4.60 Å². The first-order valence-corrected chi connectivity index (χ1v) is 6.71. The highest BCUT2D eigenvalue weighted by Crippen LogP contribution is 2.17. The smallest absolute Gasteiger partial charge is 0.273 e. The number of nitrogens with one attached hydrogen (secondary N) is 1. The van der Waals surface area contributed by atoms with Crippen molar-refractivity contribution in [3.8, 4) is 11.4 Å². The Kier molecular flexibility index (Phi) is 2.94. The molecule has 1 N–H and O–H groups in total. The zero-order valence-corrected chi connectivity index (χ0v) is 11.8. The summed E-state index contributed by atoms with van der Waals surface area (Å²) < 4.78 is 2.16. The van der Waals surface area contributed by atoms with Crippen LogP contribution in [0.3, 0.4) is 0 Å². The molecule has 0 atom stereocenters. The fraction of sp³-hybridized carbons (Fsp3) is 0.154. The van der Waals surface area contributed by atoms with Gasteiger partial charge in [0.25, 0.3) is 5.56 Å². The molecular formula is C13H11BrN4O. The Morgan fingerprint density at radius 2 is 2.16 bits per heavy atom. The fourth-order valence-corrected chi connectivity index (χ4v) is 2.32. The number of H-pyrrole nitrogens is 1. The average Bonchev–Trinajstić information content (AvgIpc) is 2.82. The third-order valence-electron chi connectivity index (χ3n) is 2.93. The molecular weight excluding hydrogens is 308 g/mol. The van der Waals surface area contributed by atoms with Crippen molar-refractivity contribution < 1.29 is 0 Å². The van der Waals surface area contributed by atoms with Crippen molar-refractivity contribution in [1.29, 1.82) is 0 Å². The number of pyridine rings is 1. The number of aryl methyl sites for hydroxylation is 1. The zero-order chi connectivity index (χ0) is 13.4. The van der Waals surface area contributed by atoms with Gasteiger partial charge in [0.15, 0.2) is 5.65 Å². The highest BCUT2D eigenvalue weighted by Gasteiger charge is 2.10. The van der Waals surface area contributed by atoms with E-state index in [9.17, 15) is 4.79 Å². The number of halogens is 1. The first-order valence-electron chi connectivity index (χ1n) is 5.92. The lowest BCUT2D eigenvalue weighted by molar-refractivity contribution is 0.899. The monoisotopic (exact) mass is 318 g/mol. The van der Waals surface area contributed by atoms with Crippen molar-refractivity contribution in [3.05, 3.63) is 51.0 Å². The molecule has 0 saturated heterocycles. The van der Waals surface area contributed by atoms with Gasteiger partial charge in [0, 0.05) is 17.8 Å². The number of aromatic nitrogens is 4. The van der Waals surface area contributed by atoms with Crippen LogP contribution in [0, 0.1) is 0 Å². The summed E-state index contributed by atoms with van der Waals surface area (Å²) in [4.78, 5) is 20.9. The van der Waals surface area contributed by atoms with E-state index in [0.29, 0.717) is 17.0 Å². The van der Waals surface area contributed by atoms with Crippen LogP contribution in [0.4, 0.5) is 0 Å². The lowest BCUT2D eigenvalue weighted by Gasteiger charge is -2.02. The van der Waals surface area contributed by atoms with Crippen molar-refractivity contribution in [1.82, 2.24) is 19.6 Å². The molecule has 0 fully saturated rings. The molecule has 0 aliphatic heterocycles. The molecule has 0 amide bonds. The second-order valence-electron chi connectivity index (χ2n) is 4.14. The predicted octanol–water partition coefficient (Wildman–Crippen LogP) is 2.41. The minimum Gasteiger partial charge on any atom is -0.297 e. The van der Waals surface area contributed by atoms with Crippen LogP contribution in [0.25, 0.3) is 17.0 Å². The molecule has 0 radical (unpaired) electrons. The summed E-state index contributed by atoms with van der Waals surface area (Å²) in [6, 6.07) is 7.02. The normalized spacial score (nSPS) is 11.1. The maximum absolute atomic E-state index is 12.0. The number of aromatic amines is 1. The quantitative estimate of drug-likeness (QED) is 0.738. The van der Waals surface area contributed by atoms with Gasteiger partial charge in [-0.1, -0.05) is 13.0 Å². The average molecular weight is 319 g/mol. The summed E-state index contributed by atoms with van der Waals surface area (Å²) in [6.07, 6.45) is 2.62. The molecule has 0 saturated carbocycles. The van der Waals surface area contributed by atoms with E-state index in [1.54, 1.807) is 0 Å². The van der Waals surface area contributed by atoms with Crippen molar-refractivity contribution in [2.24, 2.45) is 0 Å². The van der Waals surface area contributed by atoms with E-state index in [1.165, 1.54) is 10.6 Å². The van der Waals surface area contributed by atoms with Crippen LogP contribution in [-0.4, -0.2) is 19.6 Å². The van der Waals surface area contributed by atoms with Crippen molar-refractivity contribution in [2.75, 3.05) is 0 Å². The summed E-state index contributed by atoms with van der Waals surface area (Å²) in [5.41, 5.74) is 2.79. The van der Waals surface area contributed by atoms with Crippen molar-refractivity contribution in [3.63, 3.8) is 0 Å². The number of hydrogen-bond acceptors (Lipinski definition) is 3. The van der Waals surface area contributed by atoms with E-state index in [4.69, 9.17) is 0 Å². The Morgan fingerprint density at radius 3 is 2.89 bits per heavy atom. The standard InChI is InChI=1S/C13H11BrN4O/c1-2-8-7-15-18-12(19)6-10(17-13(8)18)9-4-3-5-11(14)16-9/h3-7,15H,2H2,1H3. The summed E-state index contributed by atoms with van der Waals surface area (Å²) in [7, 11) is 0. The molecule has 0 spiro atoms. The van der Waals surface area contributed by atoms with Gasteiger partial charge in [-0.25, -0.2) is 14.5 Å². The van der Waals surface area contributed by atoms with E-state index in [-0.39, 0.29) is 5.56 Å². The lowest BCUT2D eigenvalue weighted by Crippen LogP contribution is -2.14. The van der Waals surface area contributed by atoms with Gasteiger partial charge in [-0.2, -0.15) is 0 Å². The van der Waals surface area contributed by atoms with Gasteiger partial charge in [-0.15, -0.1) is 0 Å². The third kappa shape index (κ3) is 2.08. The molecule has 6 heteroatoms. The number of hydrogen-bond donors (Lipinski definition) is 1. The largest absolute Gasteiger partial charge is 0.297 e. The van der Waals surface area contributed by atoms with Crippen LogP contribution in [0.15, 0.2) is 39.9 Å². The first kappa shape index (κ1) is 12.1. The molecule has 0 aliphatic carbocycles. The molecule has 0 aromatic carbocycles. The van der Waals surface area contributed by atoms with Crippen LogP contribution in [-0.2, 0) is 6.42 Å². The summed E-state index contributed by atoms with van der Waals surface area (Å²) in [6.45, 7) is 2.03. The molecule has 3 heterocycles. The van der Waals surface area contributed by atoms with E-state index in [0.717, 1.165) is 16.6 Å². The minimum atomic E-state index is -0.138. The van der Waals surface area contributed by atoms with Crippen molar-refractivity contribution >= 4 is 21.6 Å². The second-order valence-corrected chi connectivity index (χ2v) is 4.95. The highest BCUT2D eigenvalue weighted by atomic mass is 79.9. The van der Waals surface area contributed by atoms with E-state index >= 15 is 0 Å². The van der Waals surface area contributed by atoms with Gasteiger partial charge in [-0.3, -0.25) is 9.89 Å². The Labute approximate surface area is 117 Å². The van der Waals surface area contributed by atoms with Gasteiger partial charge >= 0.3 is 0 Å². The van der Waals surface area contributed by atoms with Gasteiger partial charge in [-0.05, 0) is 34.5 Å². The van der Waals surface area contributed by atoms with E-state index in [2.05, 4.69) is 31.0 Å². The molecule has 0 unspecified atom stereocenters. The van der Waals surface area contributed by atoms with Crippen LogP contribution in [0.5, 0.6) is 0 Å². The molecule has 3 rings (SSSR count). The second kappa shape index (κ2) is 4.62. The molecule has 3 aromatic rings. The van der Waals surface area contributed by atoms with Crippen LogP contribution >= 0.6 is 15.9 Å². The summed E-state index contributed by atoms with van der Waals surface area (Å²) >= 11 is 3.32. The third-order valence-corrected chi connectivity index (χ3v) is 3.37. The predicted molar refractivity (Wildman–Crippen MR) is 76.1 cm³/mol. The molecule has 0 bridgehead atoms. The Balaban J connectivity index is 2.28. The topological polar surface area (TPSA) is 63.0 Å².